The second kappa shape index (κ2) is 6.62. The monoisotopic (exact) mass is 307 g/mol. The van der Waals surface area contributed by atoms with Crippen LogP contribution in [0.25, 0.3) is 0 Å². The van der Waals surface area contributed by atoms with Gasteiger partial charge in [0.05, 0.1) is 0 Å². The van der Waals surface area contributed by atoms with E-state index in [4.69, 9.17) is 0 Å². The maximum absolute atomic E-state index is 11.9. The van der Waals surface area contributed by atoms with Crippen molar-refractivity contribution in [2.75, 3.05) is 29.5 Å². The average Bonchev–Trinajstić information content (AvgIpc) is 2.78. The number of benzene rings is 1. The zero-order valence-corrected chi connectivity index (χ0v) is 12.8. The molecule has 2 N–H and O–H groups in total. The van der Waals surface area contributed by atoms with E-state index in [0.29, 0.717) is 17.9 Å². The van der Waals surface area contributed by atoms with Crippen LogP contribution in [0.5, 0.6) is 0 Å². The van der Waals surface area contributed by atoms with Gasteiger partial charge in [-0.2, -0.15) is 0 Å². The van der Waals surface area contributed by atoms with Gasteiger partial charge in [0, 0.05) is 30.6 Å². The predicted octanol–water partition coefficient (Wildman–Crippen LogP) is 2.06. The molecule has 21 heavy (non-hydrogen) atoms. The second-order valence-electron chi connectivity index (χ2n) is 4.79. The van der Waals surface area contributed by atoms with Gasteiger partial charge in [-0.25, -0.2) is 0 Å². The molecular weight excluding hydrogens is 290 g/mol. The molecule has 1 aromatic carbocycles. The van der Waals surface area contributed by atoms with E-state index in [1.165, 1.54) is 23.6 Å². The highest BCUT2D eigenvalue weighted by Crippen LogP contribution is 2.20. The standard InChI is InChI=1S/C14H17N3O3S/c1-9-7-11(3-4-12(9)15-10(2)18)16-13(19)8-17-5-6-21-14(17)20/h3-4,7H,5-6,8H2,1-2H3,(H,15,18)(H,16,19). The van der Waals surface area contributed by atoms with Gasteiger partial charge in [0.2, 0.25) is 11.8 Å². The van der Waals surface area contributed by atoms with Crippen molar-refractivity contribution in [2.45, 2.75) is 13.8 Å². The van der Waals surface area contributed by atoms with Crippen LogP contribution in [0.4, 0.5) is 16.2 Å². The molecule has 6 nitrogen and oxygen atoms in total. The average molecular weight is 307 g/mol. The molecule has 1 aliphatic rings. The van der Waals surface area contributed by atoms with Crippen LogP contribution in [0, 0.1) is 6.92 Å². The molecule has 0 aliphatic carbocycles. The van der Waals surface area contributed by atoms with Crippen LogP contribution in [-0.4, -0.2) is 40.8 Å². The summed E-state index contributed by atoms with van der Waals surface area (Å²) in [6, 6.07) is 5.24. The molecular formula is C14H17N3O3S. The lowest BCUT2D eigenvalue weighted by molar-refractivity contribution is -0.116. The van der Waals surface area contributed by atoms with Crippen LogP contribution in [0.1, 0.15) is 12.5 Å². The molecule has 0 atom stereocenters. The molecule has 0 spiro atoms. The first-order chi connectivity index (χ1) is 9.95. The number of nitrogens with one attached hydrogen (secondary N) is 2. The molecule has 1 aromatic rings. The van der Waals surface area contributed by atoms with E-state index >= 15 is 0 Å². The van der Waals surface area contributed by atoms with E-state index in [0.717, 1.165) is 11.3 Å². The summed E-state index contributed by atoms with van der Waals surface area (Å²) in [4.78, 5) is 35.9. The third-order valence-electron chi connectivity index (χ3n) is 3.00. The van der Waals surface area contributed by atoms with Gasteiger partial charge in [0.25, 0.3) is 5.24 Å². The lowest BCUT2D eigenvalue weighted by Crippen LogP contribution is -2.33. The van der Waals surface area contributed by atoms with Crippen LogP contribution in [0.2, 0.25) is 0 Å². The topological polar surface area (TPSA) is 78.5 Å². The number of hydrogen-bond acceptors (Lipinski definition) is 4. The highest BCUT2D eigenvalue weighted by atomic mass is 32.2. The van der Waals surface area contributed by atoms with Crippen LogP contribution in [0.3, 0.4) is 0 Å². The number of carbonyl (C=O) groups excluding carboxylic acids is 3. The highest BCUT2D eigenvalue weighted by molar-refractivity contribution is 8.13. The highest BCUT2D eigenvalue weighted by Gasteiger charge is 2.23. The van der Waals surface area contributed by atoms with Crippen LogP contribution in [0.15, 0.2) is 18.2 Å². The third-order valence-corrected chi connectivity index (χ3v) is 3.89. The second-order valence-corrected chi connectivity index (χ2v) is 5.84. The Balaban J connectivity index is 1.96. The Kier molecular flexibility index (Phi) is 4.85. The fraction of sp³-hybridized carbons (Fsp3) is 0.357. The fourth-order valence-electron chi connectivity index (χ4n) is 2.01. The molecule has 3 amide bonds. The van der Waals surface area contributed by atoms with Crippen LogP contribution >= 0.6 is 11.8 Å². The number of rotatable bonds is 4. The van der Waals surface area contributed by atoms with Gasteiger partial charge in [-0.3, -0.25) is 14.4 Å². The van der Waals surface area contributed by atoms with Gasteiger partial charge in [-0.15, -0.1) is 0 Å². The first-order valence-corrected chi connectivity index (χ1v) is 7.54. The van der Waals surface area contributed by atoms with Crippen molar-refractivity contribution in [3.05, 3.63) is 23.8 Å². The lowest BCUT2D eigenvalue weighted by Gasteiger charge is -2.15. The van der Waals surface area contributed by atoms with Crippen molar-refractivity contribution in [3.63, 3.8) is 0 Å². The minimum Gasteiger partial charge on any atom is -0.326 e. The van der Waals surface area contributed by atoms with Crippen molar-refractivity contribution in [1.29, 1.82) is 0 Å². The van der Waals surface area contributed by atoms with Crippen molar-refractivity contribution >= 4 is 40.2 Å². The maximum Gasteiger partial charge on any atom is 0.282 e. The van der Waals surface area contributed by atoms with E-state index in [-0.39, 0.29) is 23.6 Å². The Morgan fingerprint density at radius 3 is 2.67 bits per heavy atom. The zero-order valence-electron chi connectivity index (χ0n) is 11.9. The molecule has 0 radical (unpaired) electrons. The summed E-state index contributed by atoms with van der Waals surface area (Å²) in [6.07, 6.45) is 0. The summed E-state index contributed by atoms with van der Waals surface area (Å²) in [5.74, 6) is 0.369. The SMILES string of the molecule is CC(=O)Nc1ccc(NC(=O)CN2CCSC2=O)cc1C. The molecule has 112 valence electrons. The van der Waals surface area contributed by atoms with E-state index in [9.17, 15) is 14.4 Å². The molecule has 0 aromatic heterocycles. The Hall–Kier alpha value is -2.02. The van der Waals surface area contributed by atoms with E-state index in [1.54, 1.807) is 18.2 Å². The minimum absolute atomic E-state index is 0.0534. The van der Waals surface area contributed by atoms with Gasteiger partial charge in [-0.05, 0) is 30.7 Å². The first-order valence-electron chi connectivity index (χ1n) is 6.55. The first kappa shape index (κ1) is 15.4. The fourth-order valence-corrected chi connectivity index (χ4v) is 2.84. The van der Waals surface area contributed by atoms with E-state index < -0.39 is 0 Å². The Morgan fingerprint density at radius 1 is 1.33 bits per heavy atom. The number of aryl methyl sites for hydroxylation is 1. The van der Waals surface area contributed by atoms with Crippen LogP contribution < -0.4 is 10.6 Å². The van der Waals surface area contributed by atoms with Gasteiger partial charge in [0.1, 0.15) is 6.54 Å². The predicted molar refractivity (Wildman–Crippen MR) is 83.5 cm³/mol. The van der Waals surface area contributed by atoms with E-state index in [1.807, 2.05) is 6.92 Å². The number of carbonyl (C=O) groups is 3. The van der Waals surface area contributed by atoms with Crippen LogP contribution in [-0.2, 0) is 9.59 Å². The molecule has 1 aliphatic heterocycles. The summed E-state index contributed by atoms with van der Waals surface area (Å²) in [5, 5.41) is 5.41. The van der Waals surface area contributed by atoms with Gasteiger partial charge in [0.15, 0.2) is 0 Å². The molecule has 1 fully saturated rings. The van der Waals surface area contributed by atoms with Crippen molar-refractivity contribution in [2.24, 2.45) is 0 Å². The minimum atomic E-state index is -0.225. The molecule has 0 unspecified atom stereocenters. The zero-order chi connectivity index (χ0) is 15.4. The lowest BCUT2D eigenvalue weighted by atomic mass is 10.1. The molecule has 7 heteroatoms. The number of thioether (sulfide) groups is 1. The number of anilines is 2. The summed E-state index contributed by atoms with van der Waals surface area (Å²) >= 11 is 1.23. The molecule has 0 saturated carbocycles. The van der Waals surface area contributed by atoms with Gasteiger partial charge < -0.3 is 15.5 Å². The third kappa shape index (κ3) is 4.22. The summed E-state index contributed by atoms with van der Waals surface area (Å²) in [7, 11) is 0. The molecule has 2 rings (SSSR count). The van der Waals surface area contributed by atoms with Crippen molar-refractivity contribution < 1.29 is 14.4 Å². The largest absolute Gasteiger partial charge is 0.326 e. The Bertz CT molecular complexity index is 589. The van der Waals surface area contributed by atoms with Crippen molar-refractivity contribution in [1.82, 2.24) is 4.90 Å². The molecule has 1 heterocycles. The number of hydrogen-bond donors (Lipinski definition) is 2. The summed E-state index contributed by atoms with van der Waals surface area (Å²) in [5.41, 5.74) is 2.22. The van der Waals surface area contributed by atoms with Gasteiger partial charge >= 0.3 is 0 Å². The smallest absolute Gasteiger partial charge is 0.282 e. The molecule has 1 saturated heterocycles. The number of amides is 3. The normalized spacial score (nSPS) is 14.2. The quantitative estimate of drug-likeness (QED) is 0.892. The number of nitrogens with zero attached hydrogens (tertiary/aromatic N) is 1. The Labute approximate surface area is 127 Å². The maximum atomic E-state index is 11.9. The van der Waals surface area contributed by atoms with Crippen molar-refractivity contribution in [3.8, 4) is 0 Å². The summed E-state index contributed by atoms with van der Waals surface area (Å²) in [6.45, 7) is 3.97. The van der Waals surface area contributed by atoms with Gasteiger partial charge in [-0.1, -0.05) is 11.8 Å². The Morgan fingerprint density at radius 2 is 2.10 bits per heavy atom. The summed E-state index contributed by atoms with van der Waals surface area (Å²) < 4.78 is 0. The van der Waals surface area contributed by atoms with E-state index in [2.05, 4.69) is 10.6 Å². The molecule has 0 bridgehead atoms.